The molecule has 0 aromatic carbocycles. The van der Waals surface area contributed by atoms with Gasteiger partial charge >= 0.3 is 0 Å². The van der Waals surface area contributed by atoms with Crippen molar-refractivity contribution in [1.29, 1.82) is 0 Å². The molecule has 4 nitrogen and oxygen atoms in total. The van der Waals surface area contributed by atoms with Gasteiger partial charge in [0.25, 0.3) is 0 Å². The van der Waals surface area contributed by atoms with Crippen molar-refractivity contribution >= 4 is 5.91 Å². The van der Waals surface area contributed by atoms with E-state index < -0.39 is 0 Å². The predicted molar refractivity (Wildman–Crippen MR) is 35.9 cm³/mol. The first-order valence-electron chi connectivity index (χ1n) is 3.34. The molecule has 10 heavy (non-hydrogen) atoms. The third kappa shape index (κ3) is 1.79. The second-order valence-electron chi connectivity index (χ2n) is 2.65. The summed E-state index contributed by atoms with van der Waals surface area (Å²) in [6, 6.07) is 0. The Morgan fingerprint density at radius 1 is 1.70 bits per heavy atom. The number of nitrogens with zero attached hydrogens (tertiary/aromatic N) is 2. The molecule has 0 saturated heterocycles. The van der Waals surface area contributed by atoms with Gasteiger partial charge in [0, 0.05) is 13.5 Å². The van der Waals surface area contributed by atoms with E-state index in [2.05, 4.69) is 5.29 Å². The molecule has 0 unspecified atom stereocenters. The number of carbonyl (C=O) groups excluding carboxylic acids is 1. The molecule has 1 rings (SSSR count). The number of nitroso groups, excluding NO2 is 1. The Balaban J connectivity index is 2.24. The van der Waals surface area contributed by atoms with Gasteiger partial charge in [-0.05, 0) is 18.8 Å². The smallest absolute Gasteiger partial charge is 0.245 e. The van der Waals surface area contributed by atoms with Crippen molar-refractivity contribution in [2.45, 2.75) is 19.3 Å². The molecule has 1 aliphatic rings. The summed E-state index contributed by atoms with van der Waals surface area (Å²) in [6.45, 7) is 0. The van der Waals surface area contributed by atoms with Crippen LogP contribution in [-0.4, -0.2) is 18.0 Å². The summed E-state index contributed by atoms with van der Waals surface area (Å²) in [6.07, 6.45) is 2.74. The molecule has 56 valence electrons. The molecule has 1 fully saturated rings. The fraction of sp³-hybridized carbons (Fsp3) is 0.833. The van der Waals surface area contributed by atoms with Crippen LogP contribution in [0.3, 0.4) is 0 Å². The lowest BCUT2D eigenvalue weighted by atomic mass is 10.3. The molecule has 1 amide bonds. The molecule has 0 radical (unpaired) electrons. The fourth-order valence-electron chi connectivity index (χ4n) is 0.747. The van der Waals surface area contributed by atoms with Gasteiger partial charge in [-0.2, -0.15) is 5.01 Å². The topological polar surface area (TPSA) is 49.7 Å². The van der Waals surface area contributed by atoms with Crippen molar-refractivity contribution in [3.8, 4) is 0 Å². The summed E-state index contributed by atoms with van der Waals surface area (Å²) in [5.74, 6) is 0.356. The molecule has 0 N–H and O–H groups in total. The van der Waals surface area contributed by atoms with E-state index in [1.807, 2.05) is 0 Å². The zero-order chi connectivity index (χ0) is 7.56. The minimum absolute atomic E-state index is 0.169. The zero-order valence-electron chi connectivity index (χ0n) is 5.91. The van der Waals surface area contributed by atoms with Crippen molar-refractivity contribution in [2.75, 3.05) is 7.05 Å². The minimum Gasteiger partial charge on any atom is -0.273 e. The van der Waals surface area contributed by atoms with Gasteiger partial charge in [0.2, 0.25) is 5.91 Å². The van der Waals surface area contributed by atoms with Gasteiger partial charge < -0.3 is 0 Å². The first kappa shape index (κ1) is 7.18. The largest absolute Gasteiger partial charge is 0.273 e. The average Bonchev–Trinajstić information content (AvgIpc) is 2.70. The molecule has 0 aromatic heterocycles. The molecule has 4 heteroatoms. The van der Waals surface area contributed by atoms with E-state index >= 15 is 0 Å². The van der Waals surface area contributed by atoms with Crippen molar-refractivity contribution in [2.24, 2.45) is 11.2 Å². The van der Waals surface area contributed by atoms with Crippen LogP contribution in [0.1, 0.15) is 19.3 Å². The zero-order valence-corrected chi connectivity index (χ0v) is 5.91. The summed E-state index contributed by atoms with van der Waals surface area (Å²) >= 11 is 0. The van der Waals surface area contributed by atoms with Crippen LogP contribution < -0.4 is 0 Å². The highest BCUT2D eigenvalue weighted by Gasteiger charge is 2.25. The van der Waals surface area contributed by atoms with Crippen LogP contribution in [0, 0.1) is 10.8 Å². The number of rotatable bonds is 3. The van der Waals surface area contributed by atoms with Gasteiger partial charge in [0.1, 0.15) is 0 Å². The minimum atomic E-state index is -0.169. The maximum Gasteiger partial charge on any atom is 0.245 e. The Morgan fingerprint density at radius 3 is 2.70 bits per heavy atom. The molecule has 1 aliphatic carbocycles. The molecule has 0 aromatic rings. The van der Waals surface area contributed by atoms with Crippen molar-refractivity contribution in [3.63, 3.8) is 0 Å². The molecular formula is C6H10N2O2. The summed E-state index contributed by atoms with van der Waals surface area (Å²) < 4.78 is 0. The van der Waals surface area contributed by atoms with Gasteiger partial charge in [0.05, 0.1) is 5.29 Å². The third-order valence-electron chi connectivity index (χ3n) is 1.64. The van der Waals surface area contributed by atoms with Crippen LogP contribution in [0.25, 0.3) is 0 Å². The lowest BCUT2D eigenvalue weighted by Gasteiger charge is -2.03. The summed E-state index contributed by atoms with van der Waals surface area (Å²) in [5.41, 5.74) is 0. The maximum atomic E-state index is 10.9. The Kier molecular flexibility index (Phi) is 1.99. The van der Waals surface area contributed by atoms with Crippen LogP contribution in [0.2, 0.25) is 0 Å². The van der Waals surface area contributed by atoms with Crippen molar-refractivity contribution in [1.82, 2.24) is 5.01 Å². The third-order valence-corrected chi connectivity index (χ3v) is 1.64. The normalized spacial score (nSPS) is 16.5. The quantitative estimate of drug-likeness (QED) is 0.434. The van der Waals surface area contributed by atoms with E-state index in [1.165, 1.54) is 7.05 Å². The molecule has 1 saturated carbocycles. The van der Waals surface area contributed by atoms with Crippen LogP contribution in [0.4, 0.5) is 0 Å². The number of hydrogen-bond acceptors (Lipinski definition) is 3. The van der Waals surface area contributed by atoms with Gasteiger partial charge in [-0.25, -0.2) is 0 Å². The second kappa shape index (κ2) is 2.77. The molecule has 0 atom stereocenters. The highest BCUT2D eigenvalue weighted by molar-refractivity contribution is 5.75. The van der Waals surface area contributed by atoms with Gasteiger partial charge in [-0.15, -0.1) is 4.91 Å². The van der Waals surface area contributed by atoms with Crippen LogP contribution in [-0.2, 0) is 4.79 Å². The molecule has 0 bridgehead atoms. The molecule has 0 spiro atoms. The highest BCUT2D eigenvalue weighted by atomic mass is 16.3. The van der Waals surface area contributed by atoms with Crippen LogP contribution >= 0.6 is 0 Å². The monoisotopic (exact) mass is 142 g/mol. The van der Waals surface area contributed by atoms with Crippen molar-refractivity contribution in [3.05, 3.63) is 4.91 Å². The Morgan fingerprint density at radius 2 is 2.30 bits per heavy atom. The summed E-state index contributed by atoms with van der Waals surface area (Å²) in [4.78, 5) is 20.7. The fourth-order valence-corrected chi connectivity index (χ4v) is 0.747. The van der Waals surface area contributed by atoms with E-state index in [0.717, 1.165) is 17.9 Å². The predicted octanol–water partition coefficient (Wildman–Crippen LogP) is 0.926. The van der Waals surface area contributed by atoms with E-state index in [4.69, 9.17) is 0 Å². The van der Waals surface area contributed by atoms with Gasteiger partial charge in [0.15, 0.2) is 0 Å². The summed E-state index contributed by atoms with van der Waals surface area (Å²) in [7, 11) is 1.39. The van der Waals surface area contributed by atoms with E-state index in [9.17, 15) is 9.70 Å². The van der Waals surface area contributed by atoms with Crippen molar-refractivity contribution < 1.29 is 4.79 Å². The van der Waals surface area contributed by atoms with Gasteiger partial charge in [-0.3, -0.25) is 4.79 Å². The molecular weight excluding hydrogens is 132 g/mol. The van der Waals surface area contributed by atoms with Gasteiger partial charge in [-0.1, -0.05) is 0 Å². The average molecular weight is 142 g/mol. The second-order valence-corrected chi connectivity index (χ2v) is 2.65. The van der Waals surface area contributed by atoms with Crippen LogP contribution in [0.15, 0.2) is 5.29 Å². The lowest BCUT2D eigenvalue weighted by Crippen LogP contribution is -2.20. The number of carbonyl (C=O) groups is 1. The van der Waals surface area contributed by atoms with E-state index in [0.29, 0.717) is 12.3 Å². The molecule has 0 aliphatic heterocycles. The van der Waals surface area contributed by atoms with E-state index in [1.54, 1.807) is 0 Å². The first-order chi connectivity index (χ1) is 4.74. The SMILES string of the molecule is CN(N=O)C(=O)CC1CC1. The maximum absolute atomic E-state index is 10.9. The Labute approximate surface area is 59.1 Å². The lowest BCUT2D eigenvalue weighted by molar-refractivity contribution is -0.130. The molecule has 0 heterocycles. The first-order valence-corrected chi connectivity index (χ1v) is 3.34. The Bertz CT molecular complexity index is 154. The number of hydrogen-bond donors (Lipinski definition) is 0. The Hall–Kier alpha value is -0.930. The van der Waals surface area contributed by atoms with Crippen LogP contribution in [0.5, 0.6) is 0 Å². The number of amides is 1. The highest BCUT2D eigenvalue weighted by Crippen LogP contribution is 2.32. The summed E-state index contributed by atoms with van der Waals surface area (Å²) in [5, 5.41) is 3.36. The van der Waals surface area contributed by atoms with E-state index in [-0.39, 0.29) is 5.91 Å². The standard InChI is InChI=1S/C6H10N2O2/c1-8(7-10)6(9)4-5-2-3-5/h5H,2-4H2,1H3.